The maximum atomic E-state index is 11.8. The molecule has 3 nitrogen and oxygen atoms in total. The molecule has 0 saturated carbocycles. The molecule has 2 aromatic rings. The highest BCUT2D eigenvalue weighted by atomic mass is 79.9. The number of carbonyl (C=O) groups is 1. The van der Waals surface area contributed by atoms with Gasteiger partial charge in [0.15, 0.2) is 0 Å². The van der Waals surface area contributed by atoms with Crippen LogP contribution in [-0.2, 0) is 9.53 Å². The third-order valence-electron chi connectivity index (χ3n) is 2.59. The van der Waals surface area contributed by atoms with E-state index in [1.807, 2.05) is 42.5 Å². The molecule has 0 aliphatic heterocycles. The monoisotopic (exact) mass is 320 g/mol. The molecule has 0 bridgehead atoms. The first-order valence-electron chi connectivity index (χ1n) is 5.75. The van der Waals surface area contributed by atoms with Crippen LogP contribution in [-0.4, -0.2) is 13.1 Å². The highest BCUT2D eigenvalue weighted by molar-refractivity contribution is 9.10. The van der Waals surface area contributed by atoms with E-state index >= 15 is 0 Å². The van der Waals surface area contributed by atoms with Crippen molar-refractivity contribution in [2.24, 2.45) is 0 Å². The normalized spacial score (nSPS) is 11.7. The van der Waals surface area contributed by atoms with E-state index in [0.717, 1.165) is 10.0 Å². The first kappa shape index (κ1) is 13.6. The van der Waals surface area contributed by atoms with Gasteiger partial charge < -0.3 is 9.47 Å². The van der Waals surface area contributed by atoms with Gasteiger partial charge in [-0.25, -0.2) is 4.79 Å². The summed E-state index contributed by atoms with van der Waals surface area (Å²) in [6, 6.07) is 16.6. The Labute approximate surface area is 120 Å². The Bertz CT molecular complexity index is 537. The van der Waals surface area contributed by atoms with Crippen molar-refractivity contribution in [1.29, 1.82) is 0 Å². The van der Waals surface area contributed by atoms with Gasteiger partial charge in [0.2, 0.25) is 6.10 Å². The summed E-state index contributed by atoms with van der Waals surface area (Å²) in [7, 11) is 1.35. The molecule has 0 spiro atoms. The molecule has 0 aromatic heterocycles. The summed E-state index contributed by atoms with van der Waals surface area (Å²) in [6.07, 6.45) is -0.763. The Morgan fingerprint density at radius 2 is 1.68 bits per heavy atom. The molecule has 0 aliphatic carbocycles. The predicted molar refractivity (Wildman–Crippen MR) is 76.0 cm³/mol. The van der Waals surface area contributed by atoms with Gasteiger partial charge in [-0.3, -0.25) is 0 Å². The molecule has 98 valence electrons. The van der Waals surface area contributed by atoms with Gasteiger partial charge in [0.1, 0.15) is 5.75 Å². The van der Waals surface area contributed by atoms with Gasteiger partial charge in [-0.2, -0.15) is 0 Å². The van der Waals surface area contributed by atoms with Crippen molar-refractivity contribution in [3.8, 4) is 5.75 Å². The molecular formula is C15H13BrO3. The Balaban J connectivity index is 2.26. The third kappa shape index (κ3) is 3.58. The van der Waals surface area contributed by atoms with E-state index in [0.29, 0.717) is 5.75 Å². The first-order chi connectivity index (χ1) is 9.20. The minimum absolute atomic E-state index is 0.425. The average Bonchev–Trinajstić information content (AvgIpc) is 2.46. The Kier molecular flexibility index (Phi) is 4.58. The summed E-state index contributed by atoms with van der Waals surface area (Å²) in [6.45, 7) is 0. The van der Waals surface area contributed by atoms with Crippen LogP contribution in [0.3, 0.4) is 0 Å². The third-order valence-corrected chi connectivity index (χ3v) is 3.11. The summed E-state index contributed by atoms with van der Waals surface area (Å²) in [5, 5.41) is 0. The van der Waals surface area contributed by atoms with Crippen molar-refractivity contribution in [3.05, 3.63) is 64.6 Å². The van der Waals surface area contributed by atoms with Crippen molar-refractivity contribution in [2.45, 2.75) is 6.10 Å². The SMILES string of the molecule is COC(=O)[C@H](Oc1ccccc1)c1ccc(Br)cc1. The molecule has 0 aliphatic rings. The van der Waals surface area contributed by atoms with Crippen LogP contribution >= 0.6 is 15.9 Å². The number of para-hydroxylation sites is 1. The van der Waals surface area contributed by atoms with Gasteiger partial charge in [0.05, 0.1) is 7.11 Å². The topological polar surface area (TPSA) is 35.5 Å². The lowest BCUT2D eigenvalue weighted by Crippen LogP contribution is -2.20. The number of esters is 1. The van der Waals surface area contributed by atoms with Crippen LogP contribution in [0.5, 0.6) is 5.75 Å². The van der Waals surface area contributed by atoms with Gasteiger partial charge >= 0.3 is 5.97 Å². The minimum atomic E-state index is -0.763. The lowest BCUT2D eigenvalue weighted by Gasteiger charge is -2.17. The smallest absolute Gasteiger partial charge is 0.351 e. The van der Waals surface area contributed by atoms with Crippen LogP contribution in [0.2, 0.25) is 0 Å². The van der Waals surface area contributed by atoms with Gasteiger partial charge in [-0.15, -0.1) is 0 Å². The van der Waals surface area contributed by atoms with Crippen molar-refractivity contribution >= 4 is 21.9 Å². The van der Waals surface area contributed by atoms with Gasteiger partial charge in [-0.05, 0) is 24.3 Å². The summed E-state index contributed by atoms with van der Waals surface area (Å²) >= 11 is 3.36. The first-order valence-corrected chi connectivity index (χ1v) is 6.55. The van der Waals surface area contributed by atoms with E-state index in [9.17, 15) is 4.79 Å². The molecule has 0 radical (unpaired) electrons. The molecule has 1 atom stereocenters. The summed E-state index contributed by atoms with van der Waals surface area (Å²) < 4.78 is 11.4. The molecule has 4 heteroatoms. The van der Waals surface area contributed by atoms with E-state index in [1.54, 1.807) is 12.1 Å². The minimum Gasteiger partial charge on any atom is -0.474 e. The summed E-state index contributed by atoms with van der Waals surface area (Å²) in [4.78, 5) is 11.8. The van der Waals surface area contributed by atoms with Crippen molar-refractivity contribution in [3.63, 3.8) is 0 Å². The molecule has 0 amide bonds. The number of rotatable bonds is 4. The van der Waals surface area contributed by atoms with Gasteiger partial charge in [0.25, 0.3) is 0 Å². The maximum Gasteiger partial charge on any atom is 0.351 e. The molecule has 0 saturated heterocycles. The van der Waals surface area contributed by atoms with E-state index in [1.165, 1.54) is 7.11 Å². The standard InChI is InChI=1S/C15H13BrO3/c1-18-15(17)14(11-7-9-12(16)10-8-11)19-13-5-3-2-4-6-13/h2-10,14H,1H3/t14-/m1/s1. The second kappa shape index (κ2) is 6.38. The zero-order valence-corrected chi connectivity index (χ0v) is 12.0. The summed E-state index contributed by atoms with van der Waals surface area (Å²) in [5.41, 5.74) is 0.749. The Morgan fingerprint density at radius 1 is 1.05 bits per heavy atom. The molecule has 19 heavy (non-hydrogen) atoms. The molecule has 0 fully saturated rings. The fourth-order valence-corrected chi connectivity index (χ4v) is 1.90. The predicted octanol–water partition coefficient (Wildman–Crippen LogP) is 3.74. The van der Waals surface area contributed by atoms with E-state index in [4.69, 9.17) is 9.47 Å². The number of hydrogen-bond acceptors (Lipinski definition) is 3. The molecule has 0 N–H and O–H groups in total. The van der Waals surface area contributed by atoms with Crippen LogP contribution in [0.25, 0.3) is 0 Å². The zero-order valence-electron chi connectivity index (χ0n) is 10.4. The highest BCUT2D eigenvalue weighted by Crippen LogP contribution is 2.24. The van der Waals surface area contributed by atoms with E-state index in [-0.39, 0.29) is 0 Å². The van der Waals surface area contributed by atoms with E-state index < -0.39 is 12.1 Å². The Hall–Kier alpha value is -1.81. The molecule has 2 rings (SSSR count). The number of halogens is 1. The van der Waals surface area contributed by atoms with Crippen LogP contribution in [0.15, 0.2) is 59.1 Å². The number of hydrogen-bond donors (Lipinski definition) is 0. The number of carbonyl (C=O) groups excluding carboxylic acids is 1. The largest absolute Gasteiger partial charge is 0.474 e. The fourth-order valence-electron chi connectivity index (χ4n) is 1.63. The van der Waals surface area contributed by atoms with Crippen molar-refractivity contribution in [1.82, 2.24) is 0 Å². The average molecular weight is 321 g/mol. The maximum absolute atomic E-state index is 11.8. The lowest BCUT2D eigenvalue weighted by atomic mass is 10.1. The van der Waals surface area contributed by atoms with Gasteiger partial charge in [0, 0.05) is 10.0 Å². The summed E-state index contributed by atoms with van der Waals surface area (Å²) in [5.74, 6) is 0.201. The highest BCUT2D eigenvalue weighted by Gasteiger charge is 2.23. The van der Waals surface area contributed by atoms with Crippen LogP contribution in [0, 0.1) is 0 Å². The van der Waals surface area contributed by atoms with E-state index in [2.05, 4.69) is 15.9 Å². The lowest BCUT2D eigenvalue weighted by molar-refractivity contribution is -0.149. The van der Waals surface area contributed by atoms with Crippen molar-refractivity contribution < 1.29 is 14.3 Å². The Morgan fingerprint density at radius 3 is 2.26 bits per heavy atom. The quantitative estimate of drug-likeness (QED) is 0.805. The molecule has 0 heterocycles. The number of benzene rings is 2. The van der Waals surface area contributed by atoms with Crippen LogP contribution in [0.1, 0.15) is 11.7 Å². The number of ether oxygens (including phenoxy) is 2. The van der Waals surface area contributed by atoms with Gasteiger partial charge in [-0.1, -0.05) is 46.3 Å². The number of methoxy groups -OCH3 is 1. The second-order valence-electron chi connectivity index (χ2n) is 3.89. The molecular weight excluding hydrogens is 308 g/mol. The zero-order chi connectivity index (χ0) is 13.7. The van der Waals surface area contributed by atoms with Crippen LogP contribution in [0.4, 0.5) is 0 Å². The molecule has 2 aromatic carbocycles. The molecule has 0 unspecified atom stereocenters. The fraction of sp³-hybridized carbons (Fsp3) is 0.133. The van der Waals surface area contributed by atoms with Crippen LogP contribution < -0.4 is 4.74 Å². The van der Waals surface area contributed by atoms with Crippen molar-refractivity contribution in [2.75, 3.05) is 7.11 Å². The second-order valence-corrected chi connectivity index (χ2v) is 4.80.